The van der Waals surface area contributed by atoms with Crippen molar-refractivity contribution in [2.75, 3.05) is 12.4 Å². The molecule has 0 fully saturated rings. The normalized spacial score (nSPS) is 11.8. The van der Waals surface area contributed by atoms with Crippen molar-refractivity contribution in [3.8, 4) is 0 Å². The number of amides is 2. The molecule has 1 aromatic carbocycles. The largest absolute Gasteiger partial charge is 0.478 e. The Hall–Kier alpha value is -1.75. The minimum absolute atomic E-state index is 0.0389. The maximum Gasteiger partial charge on any atom is 0.335 e. The summed E-state index contributed by atoms with van der Waals surface area (Å²) in [5.41, 5.74) is 0.410. The van der Waals surface area contributed by atoms with Gasteiger partial charge in [-0.25, -0.2) is 9.59 Å². The van der Waals surface area contributed by atoms with E-state index in [4.69, 9.17) is 16.7 Å². The highest BCUT2D eigenvalue weighted by atomic mass is 35.5. The number of rotatable bonds is 5. The number of carbonyl (C=O) groups excluding carboxylic acids is 1. The SMILES string of the molecule is CCCC(C)N(C)C(=O)Nc1cc(Cl)cc(C(=O)O)c1. The fraction of sp³-hybridized carbons (Fsp3) is 0.429. The molecule has 110 valence electrons. The van der Waals surface area contributed by atoms with Crippen LogP contribution in [0.2, 0.25) is 5.02 Å². The van der Waals surface area contributed by atoms with E-state index in [0.29, 0.717) is 5.69 Å². The summed E-state index contributed by atoms with van der Waals surface area (Å²) in [4.78, 5) is 24.6. The second-order valence-electron chi connectivity index (χ2n) is 4.71. The second kappa shape index (κ2) is 7.14. The quantitative estimate of drug-likeness (QED) is 0.871. The molecular weight excluding hydrogens is 280 g/mol. The van der Waals surface area contributed by atoms with Gasteiger partial charge in [-0.1, -0.05) is 24.9 Å². The van der Waals surface area contributed by atoms with Gasteiger partial charge in [0, 0.05) is 23.8 Å². The molecule has 0 heterocycles. The lowest BCUT2D eigenvalue weighted by Crippen LogP contribution is -2.38. The molecule has 20 heavy (non-hydrogen) atoms. The van der Waals surface area contributed by atoms with Crippen molar-refractivity contribution >= 4 is 29.3 Å². The average molecular weight is 299 g/mol. The molecule has 0 saturated heterocycles. The van der Waals surface area contributed by atoms with Crippen LogP contribution in [-0.4, -0.2) is 35.1 Å². The molecule has 0 saturated carbocycles. The summed E-state index contributed by atoms with van der Waals surface area (Å²) >= 11 is 5.84. The molecule has 2 amide bonds. The highest BCUT2D eigenvalue weighted by Gasteiger charge is 2.16. The lowest BCUT2D eigenvalue weighted by atomic mass is 10.2. The number of hydrogen-bond acceptors (Lipinski definition) is 2. The van der Waals surface area contributed by atoms with Crippen molar-refractivity contribution in [3.05, 3.63) is 28.8 Å². The van der Waals surface area contributed by atoms with Crippen LogP contribution in [0.5, 0.6) is 0 Å². The Morgan fingerprint density at radius 2 is 2.05 bits per heavy atom. The van der Waals surface area contributed by atoms with Crippen molar-refractivity contribution in [2.24, 2.45) is 0 Å². The molecule has 0 aliphatic heterocycles. The number of aromatic carboxylic acids is 1. The zero-order chi connectivity index (χ0) is 15.3. The average Bonchev–Trinajstić information content (AvgIpc) is 2.37. The van der Waals surface area contributed by atoms with Gasteiger partial charge in [-0.05, 0) is 31.5 Å². The van der Waals surface area contributed by atoms with Crippen LogP contribution in [0.4, 0.5) is 10.5 Å². The van der Waals surface area contributed by atoms with Crippen molar-refractivity contribution in [1.29, 1.82) is 0 Å². The van der Waals surface area contributed by atoms with Gasteiger partial charge >= 0.3 is 12.0 Å². The van der Waals surface area contributed by atoms with Gasteiger partial charge in [0.05, 0.1) is 5.56 Å². The molecule has 5 nitrogen and oxygen atoms in total. The predicted molar refractivity (Wildman–Crippen MR) is 79.6 cm³/mol. The third-order valence-corrected chi connectivity index (χ3v) is 3.30. The number of carbonyl (C=O) groups is 2. The number of halogens is 1. The highest BCUT2D eigenvalue weighted by molar-refractivity contribution is 6.31. The first-order valence-electron chi connectivity index (χ1n) is 6.42. The molecule has 0 aliphatic rings. The van der Waals surface area contributed by atoms with Crippen molar-refractivity contribution in [3.63, 3.8) is 0 Å². The van der Waals surface area contributed by atoms with Gasteiger partial charge in [0.1, 0.15) is 0 Å². The van der Waals surface area contributed by atoms with Crippen LogP contribution < -0.4 is 5.32 Å². The van der Waals surface area contributed by atoms with E-state index >= 15 is 0 Å². The molecule has 0 radical (unpaired) electrons. The molecule has 0 spiro atoms. The van der Waals surface area contributed by atoms with E-state index in [2.05, 4.69) is 12.2 Å². The zero-order valence-electron chi connectivity index (χ0n) is 11.8. The predicted octanol–water partition coefficient (Wildman–Crippen LogP) is 3.69. The van der Waals surface area contributed by atoms with E-state index < -0.39 is 5.97 Å². The fourth-order valence-corrected chi connectivity index (χ4v) is 2.04. The lowest BCUT2D eigenvalue weighted by Gasteiger charge is -2.25. The zero-order valence-corrected chi connectivity index (χ0v) is 12.6. The number of nitrogens with one attached hydrogen (secondary N) is 1. The Morgan fingerprint density at radius 1 is 1.40 bits per heavy atom. The van der Waals surface area contributed by atoms with Crippen LogP contribution >= 0.6 is 11.6 Å². The molecule has 0 bridgehead atoms. The first-order chi connectivity index (χ1) is 9.35. The van der Waals surface area contributed by atoms with E-state index in [1.54, 1.807) is 11.9 Å². The van der Waals surface area contributed by atoms with E-state index in [9.17, 15) is 9.59 Å². The maximum atomic E-state index is 12.0. The Balaban J connectivity index is 2.82. The number of benzene rings is 1. The number of urea groups is 1. The van der Waals surface area contributed by atoms with Gasteiger partial charge in [0.15, 0.2) is 0 Å². The standard InChI is InChI=1S/C14H19ClN2O3/c1-4-5-9(2)17(3)14(20)16-12-7-10(13(18)19)6-11(15)8-12/h6-9H,4-5H2,1-3H3,(H,16,20)(H,18,19). The molecule has 1 atom stereocenters. The Bertz CT molecular complexity index is 505. The van der Waals surface area contributed by atoms with Crippen LogP contribution in [0.15, 0.2) is 18.2 Å². The Kier molecular flexibility index (Phi) is 5.82. The number of anilines is 1. The molecule has 0 aromatic heterocycles. The topological polar surface area (TPSA) is 69.6 Å². The Morgan fingerprint density at radius 3 is 2.60 bits per heavy atom. The number of carboxylic acids is 1. The summed E-state index contributed by atoms with van der Waals surface area (Å²) in [6.45, 7) is 4.02. The third kappa shape index (κ3) is 4.42. The van der Waals surface area contributed by atoms with E-state index in [1.807, 2.05) is 6.92 Å². The van der Waals surface area contributed by atoms with Crippen LogP contribution in [0, 0.1) is 0 Å². The lowest BCUT2D eigenvalue weighted by molar-refractivity contribution is 0.0697. The number of nitrogens with zero attached hydrogens (tertiary/aromatic N) is 1. The summed E-state index contributed by atoms with van der Waals surface area (Å²) in [5.74, 6) is -1.09. The molecule has 0 aliphatic carbocycles. The number of carboxylic acid groups (broad SMARTS) is 1. The molecular formula is C14H19ClN2O3. The van der Waals surface area contributed by atoms with E-state index in [1.165, 1.54) is 18.2 Å². The molecule has 1 aromatic rings. The summed E-state index contributed by atoms with van der Waals surface area (Å²) in [5, 5.41) is 11.9. The molecule has 1 rings (SSSR count). The van der Waals surface area contributed by atoms with Crippen LogP contribution in [-0.2, 0) is 0 Å². The summed E-state index contributed by atoms with van der Waals surface area (Å²) in [7, 11) is 1.71. The first-order valence-corrected chi connectivity index (χ1v) is 6.80. The maximum absolute atomic E-state index is 12.0. The molecule has 6 heteroatoms. The fourth-order valence-electron chi connectivity index (χ4n) is 1.81. The van der Waals surface area contributed by atoms with Gasteiger partial charge in [0.25, 0.3) is 0 Å². The first kappa shape index (κ1) is 16.3. The van der Waals surface area contributed by atoms with Gasteiger partial charge in [-0.3, -0.25) is 0 Å². The summed E-state index contributed by atoms with van der Waals surface area (Å²) < 4.78 is 0. The van der Waals surface area contributed by atoms with E-state index in [-0.39, 0.29) is 22.7 Å². The van der Waals surface area contributed by atoms with Crippen molar-refractivity contribution < 1.29 is 14.7 Å². The van der Waals surface area contributed by atoms with Crippen molar-refractivity contribution in [1.82, 2.24) is 4.90 Å². The Labute approximate surface area is 123 Å². The summed E-state index contributed by atoms with van der Waals surface area (Å²) in [6.07, 6.45) is 1.89. The molecule has 1 unspecified atom stereocenters. The van der Waals surface area contributed by atoms with E-state index in [0.717, 1.165) is 12.8 Å². The van der Waals surface area contributed by atoms with Crippen molar-refractivity contribution in [2.45, 2.75) is 32.7 Å². The van der Waals surface area contributed by atoms with Crippen LogP contribution in [0.25, 0.3) is 0 Å². The van der Waals surface area contributed by atoms with Gasteiger partial charge in [0.2, 0.25) is 0 Å². The molecule has 2 N–H and O–H groups in total. The monoisotopic (exact) mass is 298 g/mol. The van der Waals surface area contributed by atoms with Crippen LogP contribution in [0.3, 0.4) is 0 Å². The van der Waals surface area contributed by atoms with Gasteiger partial charge < -0.3 is 15.3 Å². The number of hydrogen-bond donors (Lipinski definition) is 2. The second-order valence-corrected chi connectivity index (χ2v) is 5.15. The van der Waals surface area contributed by atoms with Gasteiger partial charge in [-0.15, -0.1) is 0 Å². The summed E-state index contributed by atoms with van der Waals surface area (Å²) in [6, 6.07) is 4.06. The third-order valence-electron chi connectivity index (χ3n) is 3.08. The smallest absolute Gasteiger partial charge is 0.335 e. The highest BCUT2D eigenvalue weighted by Crippen LogP contribution is 2.20. The minimum atomic E-state index is -1.09. The van der Waals surface area contributed by atoms with Crippen LogP contribution in [0.1, 0.15) is 37.0 Å². The minimum Gasteiger partial charge on any atom is -0.478 e. The van der Waals surface area contributed by atoms with Gasteiger partial charge in [-0.2, -0.15) is 0 Å².